The van der Waals surface area contributed by atoms with Crippen molar-refractivity contribution in [2.24, 2.45) is 0 Å². The second-order valence-corrected chi connectivity index (χ2v) is 4.99. The minimum atomic E-state index is -1.17. The van der Waals surface area contributed by atoms with E-state index in [-0.39, 0.29) is 5.56 Å². The minimum Gasteiger partial charge on any atom is -0.477 e. The van der Waals surface area contributed by atoms with Gasteiger partial charge in [-0.2, -0.15) is 0 Å². The van der Waals surface area contributed by atoms with E-state index >= 15 is 0 Å². The molecule has 0 saturated carbocycles. The number of fused-ring (bicyclic) bond motifs is 3. The standard InChI is InChI=1S/C15H16N2O3/c1-2-17-8-12(15(19)20)14(18)11-4-3-9-7-16-6-5-10(9)13(11)17/h3-4,8,16H,2,5-7H2,1H3,(H,19,20). The Morgan fingerprint density at radius 2 is 2.25 bits per heavy atom. The van der Waals surface area contributed by atoms with E-state index in [0.29, 0.717) is 11.9 Å². The number of carboxylic acid groups (broad SMARTS) is 1. The van der Waals surface area contributed by atoms with Crippen LogP contribution in [0.5, 0.6) is 0 Å². The smallest absolute Gasteiger partial charge is 0.341 e. The van der Waals surface area contributed by atoms with Crippen LogP contribution >= 0.6 is 0 Å². The van der Waals surface area contributed by atoms with Crippen LogP contribution in [0.15, 0.2) is 23.1 Å². The molecule has 2 heterocycles. The molecule has 0 atom stereocenters. The van der Waals surface area contributed by atoms with Crippen molar-refractivity contribution in [3.8, 4) is 0 Å². The highest BCUT2D eigenvalue weighted by atomic mass is 16.4. The molecule has 0 amide bonds. The third-order valence-electron chi connectivity index (χ3n) is 3.88. The number of aromatic nitrogens is 1. The Morgan fingerprint density at radius 3 is 2.95 bits per heavy atom. The van der Waals surface area contributed by atoms with Gasteiger partial charge in [0.05, 0.1) is 5.52 Å². The van der Waals surface area contributed by atoms with Gasteiger partial charge >= 0.3 is 5.97 Å². The highest BCUT2D eigenvalue weighted by molar-refractivity contribution is 5.93. The Hall–Kier alpha value is -2.14. The topological polar surface area (TPSA) is 71.3 Å². The van der Waals surface area contributed by atoms with Crippen LogP contribution in [0.1, 0.15) is 28.4 Å². The summed E-state index contributed by atoms with van der Waals surface area (Å²) in [5, 5.41) is 13.0. The lowest BCUT2D eigenvalue weighted by Gasteiger charge is -2.21. The van der Waals surface area contributed by atoms with Crippen LogP contribution in [-0.2, 0) is 19.5 Å². The number of hydrogen-bond acceptors (Lipinski definition) is 3. The van der Waals surface area contributed by atoms with E-state index in [9.17, 15) is 9.59 Å². The number of carbonyl (C=O) groups is 1. The molecular weight excluding hydrogens is 256 g/mol. The van der Waals surface area contributed by atoms with Gasteiger partial charge in [0, 0.05) is 24.7 Å². The molecule has 1 aliphatic heterocycles. The number of benzene rings is 1. The average Bonchev–Trinajstić information content (AvgIpc) is 2.47. The van der Waals surface area contributed by atoms with Crippen LogP contribution in [0.25, 0.3) is 10.9 Å². The lowest BCUT2D eigenvalue weighted by atomic mass is 9.96. The van der Waals surface area contributed by atoms with Crippen LogP contribution in [-0.4, -0.2) is 22.2 Å². The predicted molar refractivity (Wildman–Crippen MR) is 76.3 cm³/mol. The maximum absolute atomic E-state index is 12.3. The van der Waals surface area contributed by atoms with Gasteiger partial charge in [-0.05, 0) is 37.1 Å². The van der Waals surface area contributed by atoms with Gasteiger partial charge in [0.25, 0.3) is 0 Å². The summed E-state index contributed by atoms with van der Waals surface area (Å²) in [5.41, 5.74) is 2.69. The number of rotatable bonds is 2. The second kappa shape index (κ2) is 4.76. The molecular formula is C15H16N2O3. The van der Waals surface area contributed by atoms with Crippen molar-refractivity contribution in [3.63, 3.8) is 0 Å². The predicted octanol–water partition coefficient (Wildman–Crippen LogP) is 1.37. The molecule has 0 saturated heterocycles. The highest BCUT2D eigenvalue weighted by Gasteiger charge is 2.19. The number of aryl methyl sites for hydroxylation is 1. The van der Waals surface area contributed by atoms with E-state index in [1.54, 1.807) is 6.07 Å². The van der Waals surface area contributed by atoms with Crippen LogP contribution in [0.4, 0.5) is 0 Å². The molecule has 0 aliphatic carbocycles. The molecule has 1 aromatic carbocycles. The van der Waals surface area contributed by atoms with Crippen molar-refractivity contribution in [2.45, 2.75) is 26.4 Å². The maximum atomic E-state index is 12.3. The van der Waals surface area contributed by atoms with Gasteiger partial charge < -0.3 is 15.0 Å². The summed E-state index contributed by atoms with van der Waals surface area (Å²) < 4.78 is 1.88. The van der Waals surface area contributed by atoms with Gasteiger partial charge in [0.1, 0.15) is 5.56 Å². The lowest BCUT2D eigenvalue weighted by molar-refractivity contribution is 0.0695. The van der Waals surface area contributed by atoms with Crippen molar-refractivity contribution in [1.29, 1.82) is 0 Å². The van der Waals surface area contributed by atoms with Crippen molar-refractivity contribution in [3.05, 3.63) is 45.2 Å². The summed E-state index contributed by atoms with van der Waals surface area (Å²) in [7, 11) is 0. The first-order chi connectivity index (χ1) is 9.63. The summed E-state index contributed by atoms with van der Waals surface area (Å²) >= 11 is 0. The van der Waals surface area contributed by atoms with Crippen molar-refractivity contribution < 1.29 is 9.90 Å². The normalized spacial score (nSPS) is 14.2. The van der Waals surface area contributed by atoms with Gasteiger partial charge in [0.15, 0.2) is 0 Å². The zero-order valence-corrected chi connectivity index (χ0v) is 11.3. The van der Waals surface area contributed by atoms with E-state index in [0.717, 1.165) is 30.6 Å². The number of nitrogens with zero attached hydrogens (tertiary/aromatic N) is 1. The fraction of sp³-hybridized carbons (Fsp3) is 0.333. The number of carboxylic acids is 1. The zero-order valence-electron chi connectivity index (χ0n) is 11.3. The number of nitrogens with one attached hydrogen (secondary N) is 1. The van der Waals surface area contributed by atoms with E-state index in [1.807, 2.05) is 17.6 Å². The number of hydrogen-bond donors (Lipinski definition) is 2. The Morgan fingerprint density at radius 1 is 1.45 bits per heavy atom. The molecule has 20 heavy (non-hydrogen) atoms. The first-order valence-corrected chi connectivity index (χ1v) is 6.75. The fourth-order valence-corrected chi connectivity index (χ4v) is 2.90. The van der Waals surface area contributed by atoms with Gasteiger partial charge in [-0.25, -0.2) is 4.79 Å². The molecule has 0 bridgehead atoms. The Balaban J connectivity index is 2.44. The monoisotopic (exact) mass is 272 g/mol. The Kier molecular flexibility index (Phi) is 3.06. The summed E-state index contributed by atoms with van der Waals surface area (Å²) in [6.07, 6.45) is 2.33. The molecule has 0 fully saturated rings. The summed E-state index contributed by atoms with van der Waals surface area (Å²) in [6.45, 7) is 4.27. The SMILES string of the molecule is CCn1cc(C(=O)O)c(=O)c2ccc3c(c21)CCNC3. The van der Waals surface area contributed by atoms with Crippen LogP contribution < -0.4 is 10.7 Å². The van der Waals surface area contributed by atoms with Gasteiger partial charge in [-0.15, -0.1) is 0 Å². The molecule has 0 unspecified atom stereocenters. The maximum Gasteiger partial charge on any atom is 0.341 e. The highest BCUT2D eigenvalue weighted by Crippen LogP contribution is 2.24. The number of aromatic carboxylic acids is 1. The van der Waals surface area contributed by atoms with Gasteiger partial charge in [0.2, 0.25) is 5.43 Å². The van der Waals surface area contributed by atoms with Crippen molar-refractivity contribution >= 4 is 16.9 Å². The van der Waals surface area contributed by atoms with Gasteiger partial charge in [-0.1, -0.05) is 6.07 Å². The molecule has 2 aromatic rings. The summed E-state index contributed by atoms with van der Waals surface area (Å²) in [4.78, 5) is 23.5. The Bertz CT molecular complexity index is 762. The largest absolute Gasteiger partial charge is 0.477 e. The fourth-order valence-electron chi connectivity index (χ4n) is 2.90. The summed E-state index contributed by atoms with van der Waals surface area (Å²) in [6, 6.07) is 3.68. The molecule has 5 nitrogen and oxygen atoms in total. The zero-order chi connectivity index (χ0) is 14.3. The van der Waals surface area contributed by atoms with E-state index in [2.05, 4.69) is 5.32 Å². The molecule has 0 spiro atoms. The van der Waals surface area contributed by atoms with Crippen molar-refractivity contribution in [2.75, 3.05) is 6.54 Å². The third kappa shape index (κ3) is 1.82. The minimum absolute atomic E-state index is 0.159. The average molecular weight is 272 g/mol. The molecule has 5 heteroatoms. The quantitative estimate of drug-likeness (QED) is 0.866. The summed E-state index contributed by atoms with van der Waals surface area (Å²) in [5.74, 6) is -1.17. The molecule has 1 aliphatic rings. The van der Waals surface area contributed by atoms with Crippen LogP contribution in [0, 0.1) is 0 Å². The van der Waals surface area contributed by atoms with Crippen molar-refractivity contribution in [1.82, 2.24) is 9.88 Å². The van der Waals surface area contributed by atoms with E-state index in [4.69, 9.17) is 5.11 Å². The molecule has 3 rings (SSSR count). The molecule has 0 radical (unpaired) electrons. The molecule has 1 aromatic heterocycles. The van der Waals surface area contributed by atoms with E-state index in [1.165, 1.54) is 11.8 Å². The second-order valence-electron chi connectivity index (χ2n) is 4.99. The third-order valence-corrected chi connectivity index (χ3v) is 3.88. The Labute approximate surface area is 115 Å². The lowest BCUT2D eigenvalue weighted by Crippen LogP contribution is -2.26. The first kappa shape index (κ1) is 12.9. The van der Waals surface area contributed by atoms with Gasteiger partial charge in [-0.3, -0.25) is 4.79 Å². The molecule has 104 valence electrons. The number of pyridine rings is 1. The first-order valence-electron chi connectivity index (χ1n) is 6.75. The molecule has 2 N–H and O–H groups in total. The van der Waals surface area contributed by atoms with Crippen LogP contribution in [0.2, 0.25) is 0 Å². The van der Waals surface area contributed by atoms with Crippen LogP contribution in [0.3, 0.4) is 0 Å². The van der Waals surface area contributed by atoms with E-state index < -0.39 is 11.4 Å².